The standard InChI is InChI=1S/C19H29N3O3.ClH/c1-25-13-5-10-21-18(23)16-8-11-22(12-9-16)19(24)17(20)14-15-6-3-2-4-7-15;/h2-4,6-7,16-17H,5,8-14,20H2,1H3,(H,21,23);1H/t17-;/m0./s1. The molecule has 1 saturated heterocycles. The Bertz CT molecular complexity index is 548. The number of likely N-dealkylation sites (tertiary alicyclic amines) is 1. The molecule has 1 aromatic rings. The first-order chi connectivity index (χ1) is 12.1. The summed E-state index contributed by atoms with van der Waals surface area (Å²) in [5.41, 5.74) is 7.15. The minimum atomic E-state index is -0.526. The summed E-state index contributed by atoms with van der Waals surface area (Å²) >= 11 is 0. The maximum atomic E-state index is 12.5. The predicted molar refractivity (Wildman–Crippen MR) is 104 cm³/mol. The van der Waals surface area contributed by atoms with Gasteiger partial charge in [0.05, 0.1) is 6.04 Å². The molecule has 0 spiro atoms. The first-order valence-corrected chi connectivity index (χ1v) is 8.96. The molecule has 0 aromatic heterocycles. The van der Waals surface area contributed by atoms with Crippen molar-refractivity contribution in [1.29, 1.82) is 0 Å². The molecule has 1 aromatic carbocycles. The zero-order valence-corrected chi connectivity index (χ0v) is 16.2. The van der Waals surface area contributed by atoms with E-state index < -0.39 is 6.04 Å². The van der Waals surface area contributed by atoms with Crippen molar-refractivity contribution in [1.82, 2.24) is 10.2 Å². The Morgan fingerprint density at radius 3 is 2.54 bits per heavy atom. The van der Waals surface area contributed by atoms with Crippen molar-refractivity contribution < 1.29 is 14.3 Å². The lowest BCUT2D eigenvalue weighted by Crippen LogP contribution is -2.49. The van der Waals surface area contributed by atoms with Crippen LogP contribution < -0.4 is 11.1 Å². The van der Waals surface area contributed by atoms with Gasteiger partial charge in [0.2, 0.25) is 11.8 Å². The van der Waals surface area contributed by atoms with Crippen LogP contribution in [0.25, 0.3) is 0 Å². The minimum absolute atomic E-state index is 0. The van der Waals surface area contributed by atoms with Crippen LogP contribution in [0.1, 0.15) is 24.8 Å². The first kappa shape index (κ1) is 22.4. The molecule has 146 valence electrons. The lowest BCUT2D eigenvalue weighted by atomic mass is 9.95. The monoisotopic (exact) mass is 383 g/mol. The van der Waals surface area contributed by atoms with Gasteiger partial charge in [-0.1, -0.05) is 30.3 Å². The zero-order valence-electron chi connectivity index (χ0n) is 15.4. The van der Waals surface area contributed by atoms with E-state index in [1.54, 1.807) is 12.0 Å². The highest BCUT2D eigenvalue weighted by Gasteiger charge is 2.29. The third-order valence-electron chi connectivity index (χ3n) is 4.62. The van der Waals surface area contributed by atoms with Crippen LogP contribution in [0.3, 0.4) is 0 Å². The van der Waals surface area contributed by atoms with Crippen molar-refractivity contribution in [3.63, 3.8) is 0 Å². The topological polar surface area (TPSA) is 84.7 Å². The molecule has 3 N–H and O–H groups in total. The molecule has 0 bridgehead atoms. The molecular weight excluding hydrogens is 354 g/mol. The van der Waals surface area contributed by atoms with E-state index in [-0.39, 0.29) is 30.1 Å². The van der Waals surface area contributed by atoms with Gasteiger partial charge in [-0.3, -0.25) is 9.59 Å². The molecule has 2 rings (SSSR count). The number of amides is 2. The molecule has 1 aliphatic heterocycles. The number of benzene rings is 1. The maximum Gasteiger partial charge on any atom is 0.239 e. The van der Waals surface area contributed by atoms with Gasteiger partial charge < -0.3 is 20.7 Å². The van der Waals surface area contributed by atoms with E-state index in [1.165, 1.54) is 0 Å². The van der Waals surface area contributed by atoms with Crippen LogP contribution in [0.5, 0.6) is 0 Å². The van der Waals surface area contributed by atoms with Crippen LogP contribution >= 0.6 is 12.4 Å². The molecule has 7 heteroatoms. The van der Waals surface area contributed by atoms with Gasteiger partial charge >= 0.3 is 0 Å². The Labute approximate surface area is 161 Å². The average molecular weight is 384 g/mol. The molecule has 0 aliphatic carbocycles. The maximum absolute atomic E-state index is 12.5. The number of carbonyl (C=O) groups excluding carboxylic acids is 2. The fourth-order valence-corrected chi connectivity index (χ4v) is 3.12. The van der Waals surface area contributed by atoms with Gasteiger partial charge in [-0.2, -0.15) is 0 Å². The average Bonchev–Trinajstić information content (AvgIpc) is 2.65. The molecule has 1 aliphatic rings. The fraction of sp³-hybridized carbons (Fsp3) is 0.579. The molecule has 1 heterocycles. The number of rotatable bonds is 8. The van der Waals surface area contributed by atoms with Crippen LogP contribution in [0, 0.1) is 5.92 Å². The highest BCUT2D eigenvalue weighted by Crippen LogP contribution is 2.18. The minimum Gasteiger partial charge on any atom is -0.385 e. The van der Waals surface area contributed by atoms with E-state index >= 15 is 0 Å². The SMILES string of the molecule is COCCCNC(=O)C1CCN(C(=O)[C@@H](N)Cc2ccccc2)CC1.Cl. The molecule has 6 nitrogen and oxygen atoms in total. The molecule has 0 saturated carbocycles. The predicted octanol–water partition coefficient (Wildman–Crippen LogP) is 1.37. The molecule has 0 unspecified atom stereocenters. The highest BCUT2D eigenvalue weighted by atomic mass is 35.5. The van der Waals surface area contributed by atoms with Crippen molar-refractivity contribution in [3.05, 3.63) is 35.9 Å². The van der Waals surface area contributed by atoms with Crippen molar-refractivity contribution in [3.8, 4) is 0 Å². The lowest BCUT2D eigenvalue weighted by molar-refractivity contribution is -0.136. The molecule has 2 amide bonds. The summed E-state index contributed by atoms with van der Waals surface area (Å²) in [7, 11) is 1.65. The van der Waals surface area contributed by atoms with E-state index in [0.717, 1.165) is 12.0 Å². The molecular formula is C19H30ClN3O3. The Kier molecular flexibility index (Phi) is 10.2. The second-order valence-corrected chi connectivity index (χ2v) is 6.53. The van der Waals surface area contributed by atoms with E-state index in [2.05, 4.69) is 5.32 Å². The van der Waals surface area contributed by atoms with Gasteiger partial charge in [0.1, 0.15) is 0 Å². The number of ether oxygens (including phenoxy) is 1. The summed E-state index contributed by atoms with van der Waals surface area (Å²) in [6.07, 6.45) is 2.74. The number of nitrogens with one attached hydrogen (secondary N) is 1. The van der Waals surface area contributed by atoms with Gasteiger partial charge in [-0.15, -0.1) is 12.4 Å². The van der Waals surface area contributed by atoms with Crippen molar-refractivity contribution >= 4 is 24.2 Å². The Morgan fingerprint density at radius 1 is 1.27 bits per heavy atom. The van der Waals surface area contributed by atoms with Gasteiger partial charge in [0, 0.05) is 39.3 Å². The Hall–Kier alpha value is -1.63. The van der Waals surface area contributed by atoms with Crippen molar-refractivity contribution in [2.45, 2.75) is 31.7 Å². The van der Waals surface area contributed by atoms with E-state index in [0.29, 0.717) is 45.5 Å². The van der Waals surface area contributed by atoms with E-state index in [9.17, 15) is 9.59 Å². The summed E-state index contributed by atoms with van der Waals surface area (Å²) in [6.45, 7) is 2.47. The first-order valence-electron chi connectivity index (χ1n) is 8.96. The zero-order chi connectivity index (χ0) is 18.1. The van der Waals surface area contributed by atoms with Gasteiger partial charge in [-0.05, 0) is 31.2 Å². The Balaban J connectivity index is 0.00000338. The summed E-state index contributed by atoms with van der Waals surface area (Å²) in [4.78, 5) is 26.4. The second-order valence-electron chi connectivity index (χ2n) is 6.53. The van der Waals surface area contributed by atoms with Gasteiger partial charge in [-0.25, -0.2) is 0 Å². The number of nitrogens with zero attached hydrogens (tertiary/aromatic N) is 1. The third-order valence-corrected chi connectivity index (χ3v) is 4.62. The van der Waals surface area contributed by atoms with Crippen LogP contribution in [0.15, 0.2) is 30.3 Å². The third kappa shape index (κ3) is 6.94. The smallest absolute Gasteiger partial charge is 0.239 e. The van der Waals surface area contributed by atoms with Crippen LogP contribution in [-0.4, -0.2) is 56.1 Å². The summed E-state index contributed by atoms with van der Waals surface area (Å²) in [5.74, 6) is 0.0385. The number of halogens is 1. The second kappa shape index (κ2) is 11.9. The van der Waals surface area contributed by atoms with E-state index in [4.69, 9.17) is 10.5 Å². The molecule has 1 fully saturated rings. The lowest BCUT2D eigenvalue weighted by Gasteiger charge is -2.33. The number of piperidine rings is 1. The normalized spacial score (nSPS) is 15.8. The molecule has 0 radical (unpaired) electrons. The number of hydrogen-bond donors (Lipinski definition) is 2. The number of hydrogen-bond acceptors (Lipinski definition) is 4. The van der Waals surface area contributed by atoms with Crippen molar-refractivity contribution in [2.75, 3.05) is 33.4 Å². The van der Waals surface area contributed by atoms with Crippen LogP contribution in [0.4, 0.5) is 0 Å². The van der Waals surface area contributed by atoms with E-state index in [1.807, 2.05) is 30.3 Å². The summed E-state index contributed by atoms with van der Waals surface area (Å²) in [6, 6.07) is 9.27. The molecule has 26 heavy (non-hydrogen) atoms. The van der Waals surface area contributed by atoms with Crippen LogP contribution in [0.2, 0.25) is 0 Å². The largest absolute Gasteiger partial charge is 0.385 e. The molecule has 1 atom stereocenters. The van der Waals surface area contributed by atoms with Gasteiger partial charge in [0.15, 0.2) is 0 Å². The number of nitrogens with two attached hydrogens (primary N) is 1. The summed E-state index contributed by atoms with van der Waals surface area (Å²) < 4.78 is 4.97. The Morgan fingerprint density at radius 2 is 1.92 bits per heavy atom. The van der Waals surface area contributed by atoms with Crippen molar-refractivity contribution in [2.24, 2.45) is 11.7 Å². The van der Waals surface area contributed by atoms with Gasteiger partial charge in [0.25, 0.3) is 0 Å². The highest BCUT2D eigenvalue weighted by molar-refractivity contribution is 5.85. The number of carbonyl (C=O) groups is 2. The number of methoxy groups -OCH3 is 1. The quantitative estimate of drug-likeness (QED) is 0.664. The fourth-order valence-electron chi connectivity index (χ4n) is 3.12. The van der Waals surface area contributed by atoms with Crippen LogP contribution in [-0.2, 0) is 20.7 Å². The summed E-state index contributed by atoms with van der Waals surface area (Å²) in [5, 5.41) is 2.94.